The van der Waals surface area contributed by atoms with E-state index in [-0.39, 0.29) is 5.54 Å². The van der Waals surface area contributed by atoms with Crippen molar-refractivity contribution in [3.05, 3.63) is 29.8 Å². The second-order valence-electron chi connectivity index (χ2n) is 5.29. The molecule has 0 amide bonds. The topological polar surface area (TPSA) is 35.2 Å². The molecular formula is C14H19NOS. The molecule has 1 heterocycles. The molecule has 1 aliphatic carbocycles. The molecule has 3 heteroatoms. The minimum absolute atomic E-state index is 0.0852. The van der Waals surface area contributed by atoms with E-state index in [1.54, 1.807) is 0 Å². The van der Waals surface area contributed by atoms with Crippen LogP contribution in [0.1, 0.15) is 24.8 Å². The van der Waals surface area contributed by atoms with Gasteiger partial charge in [0, 0.05) is 11.3 Å². The molecule has 1 atom stereocenters. The number of hydrogen-bond acceptors (Lipinski definition) is 3. The van der Waals surface area contributed by atoms with Crippen LogP contribution in [0.15, 0.2) is 24.3 Å². The molecule has 3 rings (SSSR count). The first kappa shape index (κ1) is 11.4. The Morgan fingerprint density at radius 2 is 2.29 bits per heavy atom. The van der Waals surface area contributed by atoms with Crippen molar-refractivity contribution >= 4 is 11.8 Å². The average Bonchev–Trinajstić information content (AvgIpc) is 2.82. The zero-order chi connectivity index (χ0) is 11.7. The molecule has 0 radical (unpaired) electrons. The minimum Gasteiger partial charge on any atom is -0.490 e. The monoisotopic (exact) mass is 249 g/mol. The van der Waals surface area contributed by atoms with Crippen LogP contribution in [-0.4, -0.2) is 23.1 Å². The molecule has 0 bridgehead atoms. The lowest BCUT2D eigenvalue weighted by molar-refractivity contribution is 0.229. The minimum atomic E-state index is 0.0852. The second-order valence-corrected chi connectivity index (χ2v) is 6.44. The fraction of sp³-hybridized carbons (Fsp3) is 0.571. The summed E-state index contributed by atoms with van der Waals surface area (Å²) in [4.78, 5) is 0. The summed E-state index contributed by atoms with van der Waals surface area (Å²) in [6, 6.07) is 8.46. The molecule has 2 aliphatic rings. The predicted molar refractivity (Wildman–Crippen MR) is 72.7 cm³/mol. The maximum Gasteiger partial charge on any atom is 0.120 e. The van der Waals surface area contributed by atoms with E-state index in [1.165, 1.54) is 17.7 Å². The van der Waals surface area contributed by atoms with E-state index in [2.05, 4.69) is 24.3 Å². The number of hydrogen-bond donors (Lipinski definition) is 1. The molecule has 1 saturated carbocycles. The van der Waals surface area contributed by atoms with Gasteiger partial charge in [0.25, 0.3) is 0 Å². The van der Waals surface area contributed by atoms with Gasteiger partial charge in [-0.15, -0.1) is 0 Å². The number of thioether (sulfide) groups is 1. The van der Waals surface area contributed by atoms with Crippen molar-refractivity contribution in [1.29, 1.82) is 0 Å². The maximum atomic E-state index is 6.15. The van der Waals surface area contributed by atoms with E-state index >= 15 is 0 Å². The Hall–Kier alpha value is -0.670. The van der Waals surface area contributed by atoms with Gasteiger partial charge in [-0.2, -0.15) is 11.8 Å². The smallest absolute Gasteiger partial charge is 0.120 e. The third-order valence-corrected chi connectivity index (χ3v) is 4.67. The molecule has 1 saturated heterocycles. The third kappa shape index (κ3) is 2.96. The Bertz CT molecular complexity index is 397. The summed E-state index contributed by atoms with van der Waals surface area (Å²) in [6.45, 7) is 0. The number of benzene rings is 1. The van der Waals surface area contributed by atoms with Crippen LogP contribution in [0.25, 0.3) is 0 Å². The summed E-state index contributed by atoms with van der Waals surface area (Å²) < 4.78 is 5.99. The quantitative estimate of drug-likeness (QED) is 0.891. The van der Waals surface area contributed by atoms with Crippen molar-refractivity contribution < 1.29 is 4.74 Å². The highest BCUT2D eigenvalue weighted by Gasteiger charge is 2.37. The van der Waals surface area contributed by atoms with E-state index in [9.17, 15) is 0 Å². The van der Waals surface area contributed by atoms with Crippen molar-refractivity contribution in [2.24, 2.45) is 5.73 Å². The Kier molecular flexibility index (Phi) is 3.05. The van der Waals surface area contributed by atoms with Gasteiger partial charge in [-0.1, -0.05) is 12.1 Å². The average molecular weight is 249 g/mol. The lowest BCUT2D eigenvalue weighted by Gasteiger charge is -2.14. The van der Waals surface area contributed by atoms with Crippen LogP contribution in [0.5, 0.6) is 5.75 Å². The van der Waals surface area contributed by atoms with Crippen molar-refractivity contribution in [1.82, 2.24) is 0 Å². The second kappa shape index (κ2) is 4.54. The van der Waals surface area contributed by atoms with Crippen LogP contribution >= 0.6 is 11.8 Å². The Morgan fingerprint density at radius 1 is 1.41 bits per heavy atom. The number of rotatable bonds is 4. The number of ether oxygens (including phenoxy) is 1. The standard InChI is InChI=1S/C14H19NOS/c15-14(5-6-14)9-11-2-1-3-12(8-11)16-13-4-7-17-10-13/h1-3,8,13H,4-7,9-10,15H2. The van der Waals surface area contributed by atoms with E-state index in [1.807, 2.05) is 11.8 Å². The van der Waals surface area contributed by atoms with Crippen LogP contribution in [0.3, 0.4) is 0 Å². The van der Waals surface area contributed by atoms with Crippen LogP contribution < -0.4 is 10.5 Å². The van der Waals surface area contributed by atoms with Gasteiger partial charge in [0.05, 0.1) is 0 Å². The molecule has 0 aromatic heterocycles. The van der Waals surface area contributed by atoms with Crippen LogP contribution in [-0.2, 0) is 6.42 Å². The SMILES string of the molecule is NC1(Cc2cccc(OC3CCSC3)c2)CC1. The normalized spacial score (nSPS) is 25.8. The fourth-order valence-electron chi connectivity index (χ4n) is 2.27. The van der Waals surface area contributed by atoms with Gasteiger partial charge in [0.2, 0.25) is 0 Å². The predicted octanol–water partition coefficient (Wildman–Crippen LogP) is 2.60. The summed E-state index contributed by atoms with van der Waals surface area (Å²) in [7, 11) is 0. The van der Waals surface area contributed by atoms with Gasteiger partial charge >= 0.3 is 0 Å². The molecule has 2 fully saturated rings. The van der Waals surface area contributed by atoms with Crippen molar-refractivity contribution in [3.8, 4) is 5.75 Å². The fourth-order valence-corrected chi connectivity index (χ4v) is 3.36. The maximum absolute atomic E-state index is 6.15. The zero-order valence-corrected chi connectivity index (χ0v) is 10.8. The van der Waals surface area contributed by atoms with Crippen molar-refractivity contribution in [2.45, 2.75) is 37.3 Å². The summed E-state index contributed by atoms with van der Waals surface area (Å²) >= 11 is 1.98. The van der Waals surface area contributed by atoms with E-state index in [4.69, 9.17) is 10.5 Å². The largest absolute Gasteiger partial charge is 0.490 e. The van der Waals surface area contributed by atoms with Crippen molar-refractivity contribution in [3.63, 3.8) is 0 Å². The summed E-state index contributed by atoms with van der Waals surface area (Å²) in [6.07, 6.45) is 4.90. The van der Waals surface area contributed by atoms with E-state index in [0.29, 0.717) is 6.10 Å². The molecule has 1 unspecified atom stereocenters. The first-order valence-corrected chi connectivity index (χ1v) is 7.51. The first-order chi connectivity index (χ1) is 8.23. The highest BCUT2D eigenvalue weighted by atomic mass is 32.2. The zero-order valence-electron chi connectivity index (χ0n) is 10.0. The number of nitrogens with two attached hydrogens (primary N) is 1. The highest BCUT2D eigenvalue weighted by Crippen LogP contribution is 2.36. The summed E-state index contributed by atoms with van der Waals surface area (Å²) in [5.74, 6) is 3.38. The molecule has 0 spiro atoms. The van der Waals surface area contributed by atoms with Crippen LogP contribution in [0.4, 0.5) is 0 Å². The molecular weight excluding hydrogens is 230 g/mol. The van der Waals surface area contributed by atoms with Gasteiger partial charge in [-0.3, -0.25) is 0 Å². The molecule has 2 N–H and O–H groups in total. The highest BCUT2D eigenvalue weighted by molar-refractivity contribution is 7.99. The molecule has 1 aliphatic heterocycles. The Morgan fingerprint density at radius 3 is 3.00 bits per heavy atom. The lowest BCUT2D eigenvalue weighted by atomic mass is 10.0. The van der Waals surface area contributed by atoms with Crippen molar-refractivity contribution in [2.75, 3.05) is 11.5 Å². The van der Waals surface area contributed by atoms with Gasteiger partial charge in [0.15, 0.2) is 0 Å². The van der Waals surface area contributed by atoms with Gasteiger partial charge < -0.3 is 10.5 Å². The molecule has 2 nitrogen and oxygen atoms in total. The molecule has 1 aromatic carbocycles. The summed E-state index contributed by atoms with van der Waals surface area (Å²) in [5.41, 5.74) is 7.55. The van der Waals surface area contributed by atoms with Gasteiger partial charge in [-0.25, -0.2) is 0 Å². The molecule has 92 valence electrons. The van der Waals surface area contributed by atoms with Gasteiger partial charge in [0.1, 0.15) is 11.9 Å². The van der Waals surface area contributed by atoms with Crippen LogP contribution in [0.2, 0.25) is 0 Å². The van der Waals surface area contributed by atoms with Crippen LogP contribution in [0, 0.1) is 0 Å². The van der Waals surface area contributed by atoms with E-state index < -0.39 is 0 Å². The van der Waals surface area contributed by atoms with Gasteiger partial charge in [-0.05, 0) is 49.1 Å². The molecule has 17 heavy (non-hydrogen) atoms. The third-order valence-electron chi connectivity index (χ3n) is 3.54. The molecule has 1 aromatic rings. The lowest BCUT2D eigenvalue weighted by Crippen LogP contribution is -2.24. The van der Waals surface area contributed by atoms with E-state index in [0.717, 1.165) is 30.8 Å². The Balaban J connectivity index is 1.65. The summed E-state index contributed by atoms with van der Waals surface area (Å²) in [5, 5.41) is 0. The Labute approximate surface area is 107 Å². The first-order valence-electron chi connectivity index (χ1n) is 6.36.